The van der Waals surface area contributed by atoms with Crippen LogP contribution in [0.3, 0.4) is 0 Å². The molecule has 2 amide bonds. The van der Waals surface area contributed by atoms with Gasteiger partial charge < -0.3 is 15.4 Å². The van der Waals surface area contributed by atoms with Crippen molar-refractivity contribution in [3.8, 4) is 11.8 Å². The highest BCUT2D eigenvalue weighted by molar-refractivity contribution is 6.32. The predicted octanol–water partition coefficient (Wildman–Crippen LogP) is 5.35. The first-order chi connectivity index (χ1) is 15.8. The number of benzene rings is 3. The Kier molecular flexibility index (Phi) is 7.79. The summed E-state index contributed by atoms with van der Waals surface area (Å²) in [5.74, 6) is -1.14. The molecule has 166 valence electrons. The number of carbonyl (C=O) groups excluding carboxylic acids is 2. The summed E-state index contributed by atoms with van der Waals surface area (Å²) >= 11 is 6.23. The second-order valence-electron chi connectivity index (χ2n) is 7.03. The van der Waals surface area contributed by atoms with Gasteiger partial charge in [0.15, 0.2) is 6.61 Å². The summed E-state index contributed by atoms with van der Waals surface area (Å²) in [7, 11) is 0. The third kappa shape index (κ3) is 6.92. The highest BCUT2D eigenvalue weighted by Gasteiger charge is 2.11. The van der Waals surface area contributed by atoms with E-state index in [-0.39, 0.29) is 23.0 Å². The number of aryl methyl sites for hydroxylation is 1. The van der Waals surface area contributed by atoms with Crippen LogP contribution in [0.25, 0.3) is 6.08 Å². The molecule has 0 aliphatic rings. The zero-order valence-corrected chi connectivity index (χ0v) is 18.3. The van der Waals surface area contributed by atoms with Crippen molar-refractivity contribution in [3.05, 3.63) is 94.3 Å². The summed E-state index contributed by atoms with van der Waals surface area (Å²) in [5, 5.41) is 14.9. The van der Waals surface area contributed by atoms with Crippen LogP contribution >= 0.6 is 11.6 Å². The van der Waals surface area contributed by atoms with Crippen molar-refractivity contribution in [1.29, 1.82) is 5.26 Å². The third-order valence-corrected chi connectivity index (χ3v) is 4.69. The molecule has 0 aliphatic carbocycles. The number of nitrogens with one attached hydrogen (secondary N) is 2. The van der Waals surface area contributed by atoms with Crippen molar-refractivity contribution in [1.82, 2.24) is 0 Å². The number of nitrogens with zero attached hydrogens (tertiary/aromatic N) is 1. The molecule has 0 aliphatic heterocycles. The van der Waals surface area contributed by atoms with Gasteiger partial charge in [0.25, 0.3) is 11.8 Å². The number of ether oxygens (including phenoxy) is 1. The van der Waals surface area contributed by atoms with Crippen molar-refractivity contribution < 1.29 is 18.7 Å². The number of hydrogen-bond donors (Lipinski definition) is 2. The van der Waals surface area contributed by atoms with Gasteiger partial charge >= 0.3 is 0 Å². The minimum Gasteiger partial charge on any atom is -0.482 e. The first-order valence-electron chi connectivity index (χ1n) is 9.81. The van der Waals surface area contributed by atoms with Gasteiger partial charge in [-0.15, -0.1) is 0 Å². The Morgan fingerprint density at radius 3 is 2.48 bits per heavy atom. The molecule has 0 aromatic heterocycles. The highest BCUT2D eigenvalue weighted by Crippen LogP contribution is 2.26. The Bertz CT molecular complexity index is 1250. The van der Waals surface area contributed by atoms with E-state index >= 15 is 0 Å². The largest absolute Gasteiger partial charge is 0.482 e. The molecule has 33 heavy (non-hydrogen) atoms. The lowest BCUT2D eigenvalue weighted by molar-refractivity contribution is -0.118. The molecule has 0 fully saturated rings. The standard InChI is InChI=1S/C25H19ClFN3O3/c1-16-3-2-4-21(11-16)30-25(32)18(14-28)12-17-5-10-23(22(26)13-17)33-15-24(31)29-20-8-6-19(27)7-9-20/h2-13H,15H2,1H3,(H,29,31)(H,30,32). The molecule has 0 heterocycles. The van der Waals surface area contributed by atoms with Crippen LogP contribution in [0.15, 0.2) is 72.3 Å². The van der Waals surface area contributed by atoms with E-state index in [0.29, 0.717) is 16.9 Å². The van der Waals surface area contributed by atoms with Crippen LogP contribution in [-0.4, -0.2) is 18.4 Å². The second kappa shape index (κ2) is 10.9. The SMILES string of the molecule is Cc1cccc(NC(=O)C(C#N)=Cc2ccc(OCC(=O)Nc3ccc(F)cc3)c(Cl)c2)c1. The number of halogens is 2. The summed E-state index contributed by atoms with van der Waals surface area (Å²) in [6.45, 7) is 1.59. The topological polar surface area (TPSA) is 91.2 Å². The van der Waals surface area contributed by atoms with Crippen LogP contribution in [0.2, 0.25) is 5.02 Å². The van der Waals surface area contributed by atoms with Gasteiger partial charge in [-0.1, -0.05) is 29.8 Å². The highest BCUT2D eigenvalue weighted by atomic mass is 35.5. The molecule has 3 rings (SSSR count). The summed E-state index contributed by atoms with van der Waals surface area (Å²) in [5.41, 5.74) is 2.41. The van der Waals surface area contributed by atoms with E-state index in [4.69, 9.17) is 16.3 Å². The van der Waals surface area contributed by atoms with Gasteiger partial charge in [-0.2, -0.15) is 5.26 Å². The van der Waals surface area contributed by atoms with Gasteiger partial charge in [0.2, 0.25) is 0 Å². The normalized spacial score (nSPS) is 10.8. The summed E-state index contributed by atoms with van der Waals surface area (Å²) in [6.07, 6.45) is 1.40. The first kappa shape index (κ1) is 23.5. The van der Waals surface area contributed by atoms with Gasteiger partial charge in [0.1, 0.15) is 23.2 Å². The van der Waals surface area contributed by atoms with Gasteiger partial charge in [0, 0.05) is 11.4 Å². The van der Waals surface area contributed by atoms with Crippen LogP contribution in [-0.2, 0) is 9.59 Å². The van der Waals surface area contributed by atoms with Crippen molar-refractivity contribution >= 4 is 40.9 Å². The van der Waals surface area contributed by atoms with E-state index in [9.17, 15) is 19.2 Å². The fourth-order valence-corrected chi connectivity index (χ4v) is 3.08. The molecule has 0 radical (unpaired) electrons. The molecule has 0 spiro atoms. The molecule has 0 bridgehead atoms. The average Bonchev–Trinajstić information content (AvgIpc) is 2.78. The maximum absolute atomic E-state index is 12.9. The van der Waals surface area contributed by atoms with Gasteiger partial charge in [-0.3, -0.25) is 9.59 Å². The monoisotopic (exact) mass is 463 g/mol. The van der Waals surface area contributed by atoms with E-state index in [2.05, 4.69) is 10.6 Å². The molecule has 8 heteroatoms. The zero-order valence-electron chi connectivity index (χ0n) is 17.6. The fraction of sp³-hybridized carbons (Fsp3) is 0.0800. The zero-order chi connectivity index (χ0) is 23.8. The van der Waals surface area contributed by atoms with Crippen LogP contribution in [0, 0.1) is 24.1 Å². The molecule has 2 N–H and O–H groups in total. The van der Waals surface area contributed by atoms with Crippen molar-refractivity contribution in [2.45, 2.75) is 6.92 Å². The summed E-state index contributed by atoms with van der Waals surface area (Å²) in [6, 6.07) is 19.1. The Hall–Kier alpha value is -4.15. The lowest BCUT2D eigenvalue weighted by Gasteiger charge is -2.10. The smallest absolute Gasteiger partial charge is 0.266 e. The van der Waals surface area contributed by atoms with Crippen LogP contribution in [0.5, 0.6) is 5.75 Å². The molecule has 3 aromatic rings. The van der Waals surface area contributed by atoms with Crippen LogP contribution in [0.1, 0.15) is 11.1 Å². The van der Waals surface area contributed by atoms with Gasteiger partial charge in [0.05, 0.1) is 5.02 Å². The molecule has 6 nitrogen and oxygen atoms in total. The number of rotatable bonds is 7. The lowest BCUT2D eigenvalue weighted by atomic mass is 10.1. The molecular weight excluding hydrogens is 445 g/mol. The van der Waals surface area contributed by atoms with E-state index < -0.39 is 17.6 Å². The van der Waals surface area contributed by atoms with E-state index in [1.807, 2.05) is 19.1 Å². The molecular formula is C25H19ClFN3O3. The van der Waals surface area contributed by atoms with Crippen LogP contribution < -0.4 is 15.4 Å². The number of amides is 2. The maximum Gasteiger partial charge on any atom is 0.266 e. The number of nitriles is 1. The third-order valence-electron chi connectivity index (χ3n) is 4.39. The number of hydrogen-bond acceptors (Lipinski definition) is 4. The van der Waals surface area contributed by atoms with Crippen molar-refractivity contribution in [2.24, 2.45) is 0 Å². The second-order valence-corrected chi connectivity index (χ2v) is 7.43. The molecule has 0 atom stereocenters. The van der Waals surface area contributed by atoms with Gasteiger partial charge in [-0.25, -0.2) is 4.39 Å². The molecule has 0 saturated carbocycles. The predicted molar refractivity (Wildman–Crippen MR) is 125 cm³/mol. The Morgan fingerprint density at radius 2 is 1.82 bits per heavy atom. The first-order valence-corrected chi connectivity index (χ1v) is 10.2. The quantitative estimate of drug-likeness (QED) is 0.365. The van der Waals surface area contributed by atoms with Crippen LogP contribution in [0.4, 0.5) is 15.8 Å². The fourth-order valence-electron chi connectivity index (χ4n) is 2.83. The van der Waals surface area contributed by atoms with Crippen molar-refractivity contribution in [2.75, 3.05) is 17.2 Å². The molecule has 3 aromatic carbocycles. The minimum absolute atomic E-state index is 0.0973. The van der Waals surface area contributed by atoms with Gasteiger partial charge in [-0.05, 0) is 72.7 Å². The average molecular weight is 464 g/mol. The number of carbonyl (C=O) groups is 2. The molecule has 0 saturated heterocycles. The Labute approximate surface area is 195 Å². The Morgan fingerprint density at radius 1 is 1.06 bits per heavy atom. The minimum atomic E-state index is -0.544. The van der Waals surface area contributed by atoms with Crippen molar-refractivity contribution in [3.63, 3.8) is 0 Å². The summed E-state index contributed by atoms with van der Waals surface area (Å²) in [4.78, 5) is 24.4. The lowest BCUT2D eigenvalue weighted by Crippen LogP contribution is -2.20. The van der Waals surface area contributed by atoms with E-state index in [0.717, 1.165) is 5.56 Å². The van der Waals surface area contributed by atoms with E-state index in [1.165, 1.54) is 42.5 Å². The van der Waals surface area contributed by atoms with E-state index in [1.54, 1.807) is 24.3 Å². The summed E-state index contributed by atoms with van der Waals surface area (Å²) < 4.78 is 18.4. The molecule has 0 unspecified atom stereocenters. The Balaban J connectivity index is 1.63. The number of anilines is 2. The maximum atomic E-state index is 12.9.